The highest BCUT2D eigenvalue weighted by Crippen LogP contribution is 2.26. The van der Waals surface area contributed by atoms with Crippen LogP contribution < -0.4 is 10.9 Å². The fraction of sp³-hybridized carbons (Fsp3) is 0.0952. The molecule has 0 fully saturated rings. The van der Waals surface area contributed by atoms with Crippen molar-refractivity contribution < 1.29 is 18.0 Å². The van der Waals surface area contributed by atoms with E-state index >= 15 is 0 Å². The van der Waals surface area contributed by atoms with Gasteiger partial charge < -0.3 is 14.9 Å². The molecule has 0 saturated carbocycles. The van der Waals surface area contributed by atoms with Gasteiger partial charge in [0.05, 0.1) is 11.0 Å². The molecule has 0 aliphatic rings. The number of alkyl halides is 3. The zero-order valence-corrected chi connectivity index (χ0v) is 15.4. The van der Waals surface area contributed by atoms with E-state index in [1.807, 2.05) is 24.3 Å². The fourth-order valence-electron chi connectivity index (χ4n) is 3.03. The van der Waals surface area contributed by atoms with Crippen molar-refractivity contribution in [3.05, 3.63) is 82.8 Å². The second kappa shape index (κ2) is 7.51. The number of benzene rings is 2. The topological polar surface area (TPSA) is 79.8 Å². The Hall–Kier alpha value is -3.88. The van der Waals surface area contributed by atoms with Crippen LogP contribution in [0.15, 0.2) is 71.7 Å². The quantitative estimate of drug-likeness (QED) is 0.531. The van der Waals surface area contributed by atoms with Crippen LogP contribution in [0, 0.1) is 0 Å². The van der Waals surface area contributed by atoms with Gasteiger partial charge in [-0.25, -0.2) is 4.98 Å². The van der Waals surface area contributed by atoms with Gasteiger partial charge in [0, 0.05) is 17.4 Å². The first kappa shape index (κ1) is 19.4. The lowest BCUT2D eigenvalue weighted by Crippen LogP contribution is -2.31. The largest absolute Gasteiger partial charge is 0.421 e. The van der Waals surface area contributed by atoms with Gasteiger partial charge in [0.2, 0.25) is 5.91 Å². The number of imidazole rings is 1. The van der Waals surface area contributed by atoms with E-state index in [1.54, 1.807) is 24.3 Å². The Morgan fingerprint density at radius 1 is 1.03 bits per heavy atom. The average molecular weight is 412 g/mol. The van der Waals surface area contributed by atoms with Crippen molar-refractivity contribution in [2.24, 2.45) is 0 Å². The number of nitrogens with one attached hydrogen (secondary N) is 2. The van der Waals surface area contributed by atoms with Gasteiger partial charge >= 0.3 is 6.18 Å². The molecule has 0 atom stereocenters. The van der Waals surface area contributed by atoms with Crippen LogP contribution in [0.3, 0.4) is 0 Å². The minimum Gasteiger partial charge on any atom is -0.338 e. The van der Waals surface area contributed by atoms with Crippen molar-refractivity contribution >= 4 is 22.6 Å². The lowest BCUT2D eigenvalue weighted by Gasteiger charge is -2.11. The van der Waals surface area contributed by atoms with E-state index in [2.05, 4.69) is 15.3 Å². The normalized spacial score (nSPS) is 11.6. The van der Waals surface area contributed by atoms with E-state index in [4.69, 9.17) is 0 Å². The third-order valence-electron chi connectivity index (χ3n) is 4.47. The minimum absolute atomic E-state index is 0.444. The molecule has 152 valence electrons. The third kappa shape index (κ3) is 3.95. The highest BCUT2D eigenvalue weighted by atomic mass is 19.4. The molecule has 4 rings (SSSR count). The zero-order valence-electron chi connectivity index (χ0n) is 15.4. The maximum absolute atomic E-state index is 12.8. The molecule has 9 heteroatoms. The molecule has 0 aliphatic heterocycles. The third-order valence-corrected chi connectivity index (χ3v) is 4.47. The number of pyridine rings is 1. The summed E-state index contributed by atoms with van der Waals surface area (Å²) in [6, 6.07) is 16.2. The van der Waals surface area contributed by atoms with Crippen LogP contribution in [0.5, 0.6) is 0 Å². The number of nitrogens with zero attached hydrogens (tertiary/aromatic N) is 2. The molecule has 0 spiro atoms. The minimum atomic E-state index is -4.77. The van der Waals surface area contributed by atoms with Crippen molar-refractivity contribution in [1.82, 2.24) is 14.5 Å². The van der Waals surface area contributed by atoms with Crippen LogP contribution in [0.25, 0.3) is 22.4 Å². The van der Waals surface area contributed by atoms with Crippen LogP contribution in [0.1, 0.15) is 5.56 Å². The molecule has 0 saturated heterocycles. The van der Waals surface area contributed by atoms with Gasteiger partial charge in [0.25, 0.3) is 5.56 Å². The molecular formula is C21H15F3N4O2. The average Bonchev–Trinajstić information content (AvgIpc) is 3.13. The molecule has 0 unspecified atom stereocenters. The van der Waals surface area contributed by atoms with Gasteiger partial charge in [0.15, 0.2) is 0 Å². The van der Waals surface area contributed by atoms with E-state index in [-0.39, 0.29) is 0 Å². The summed E-state index contributed by atoms with van der Waals surface area (Å²) in [4.78, 5) is 31.8. The number of para-hydroxylation sites is 2. The van der Waals surface area contributed by atoms with Crippen LogP contribution in [-0.2, 0) is 17.5 Å². The predicted molar refractivity (Wildman–Crippen MR) is 106 cm³/mol. The van der Waals surface area contributed by atoms with Gasteiger partial charge in [-0.15, -0.1) is 0 Å². The molecule has 2 heterocycles. The first-order chi connectivity index (χ1) is 14.3. The fourth-order valence-corrected chi connectivity index (χ4v) is 3.03. The van der Waals surface area contributed by atoms with Gasteiger partial charge in [-0.1, -0.05) is 12.1 Å². The van der Waals surface area contributed by atoms with Gasteiger partial charge in [-0.3, -0.25) is 9.59 Å². The molecule has 4 aromatic rings. The number of carbonyl (C=O) groups excluding carboxylic acids is 1. The molecule has 2 aromatic heterocycles. The summed E-state index contributed by atoms with van der Waals surface area (Å²) in [6.07, 6.45) is -3.63. The first-order valence-electron chi connectivity index (χ1n) is 8.93. The Kier molecular flexibility index (Phi) is 4.86. The van der Waals surface area contributed by atoms with Crippen molar-refractivity contribution in [2.45, 2.75) is 12.7 Å². The van der Waals surface area contributed by atoms with E-state index in [9.17, 15) is 22.8 Å². The summed E-state index contributed by atoms with van der Waals surface area (Å²) in [5.74, 6) is 0.0532. The van der Waals surface area contributed by atoms with E-state index in [0.717, 1.165) is 33.4 Å². The van der Waals surface area contributed by atoms with E-state index in [0.29, 0.717) is 17.6 Å². The molecule has 0 radical (unpaired) electrons. The zero-order chi connectivity index (χ0) is 21.3. The van der Waals surface area contributed by atoms with Crippen molar-refractivity contribution in [3.8, 4) is 11.4 Å². The molecule has 0 aliphatic carbocycles. The highest BCUT2D eigenvalue weighted by Gasteiger charge is 2.34. The smallest absolute Gasteiger partial charge is 0.338 e. The summed E-state index contributed by atoms with van der Waals surface area (Å²) in [6.45, 7) is -0.534. The van der Waals surface area contributed by atoms with E-state index < -0.39 is 29.8 Å². The number of hydrogen-bond acceptors (Lipinski definition) is 3. The highest BCUT2D eigenvalue weighted by molar-refractivity contribution is 5.91. The summed E-state index contributed by atoms with van der Waals surface area (Å²) in [5, 5.41) is 2.57. The molecule has 6 nitrogen and oxygen atoms in total. The second-order valence-corrected chi connectivity index (χ2v) is 6.58. The van der Waals surface area contributed by atoms with Gasteiger partial charge in [-0.05, 0) is 48.5 Å². The standard InChI is InChI=1S/C21H15F3N4O2/c22-21(23,24)15-4-3-11-28(20(15)30)12-18(29)25-14-9-7-13(8-10-14)19-26-16-5-1-2-6-17(16)27-19/h1-11H,12H2,(H,25,29)(H,26,27). The lowest BCUT2D eigenvalue weighted by atomic mass is 10.2. The lowest BCUT2D eigenvalue weighted by molar-refractivity contribution is -0.139. The number of hydrogen-bond donors (Lipinski definition) is 2. The molecule has 2 N–H and O–H groups in total. The summed E-state index contributed by atoms with van der Waals surface area (Å²) >= 11 is 0. The van der Waals surface area contributed by atoms with Crippen molar-refractivity contribution in [3.63, 3.8) is 0 Å². The van der Waals surface area contributed by atoms with Crippen molar-refractivity contribution in [1.29, 1.82) is 0 Å². The number of rotatable bonds is 4. The van der Waals surface area contributed by atoms with Gasteiger partial charge in [0.1, 0.15) is 17.9 Å². The molecule has 2 aromatic carbocycles. The van der Waals surface area contributed by atoms with Crippen molar-refractivity contribution in [2.75, 3.05) is 5.32 Å². The van der Waals surface area contributed by atoms with Gasteiger partial charge in [-0.2, -0.15) is 13.2 Å². The molecule has 0 bridgehead atoms. The Morgan fingerprint density at radius 3 is 2.47 bits per heavy atom. The van der Waals surface area contributed by atoms with Crippen LogP contribution in [0.2, 0.25) is 0 Å². The number of halogens is 3. The molecular weight excluding hydrogens is 397 g/mol. The molecule has 1 amide bonds. The molecule has 30 heavy (non-hydrogen) atoms. The number of aromatic nitrogens is 3. The number of aromatic amines is 1. The number of carbonyl (C=O) groups is 1. The monoisotopic (exact) mass is 412 g/mol. The maximum atomic E-state index is 12.8. The summed E-state index contributed by atoms with van der Waals surface area (Å²) < 4.78 is 39.2. The SMILES string of the molecule is O=C(Cn1cccc(C(F)(F)F)c1=O)Nc1ccc(-c2nc3ccccc3[nH]2)cc1. The summed E-state index contributed by atoms with van der Waals surface area (Å²) in [5.41, 5.74) is 0.402. The number of anilines is 1. The Morgan fingerprint density at radius 2 is 1.77 bits per heavy atom. The van der Waals surface area contributed by atoms with Crippen LogP contribution >= 0.6 is 0 Å². The number of fused-ring (bicyclic) bond motifs is 1. The first-order valence-corrected chi connectivity index (χ1v) is 8.93. The maximum Gasteiger partial charge on any atom is 0.421 e. The Bertz CT molecular complexity index is 1240. The Labute approximate surface area is 168 Å². The Balaban J connectivity index is 1.47. The second-order valence-electron chi connectivity index (χ2n) is 6.58. The number of amides is 1. The van der Waals surface area contributed by atoms with Crippen LogP contribution in [-0.4, -0.2) is 20.4 Å². The predicted octanol–water partition coefficient (Wildman–Crippen LogP) is 4.05. The number of H-pyrrole nitrogens is 1. The van der Waals surface area contributed by atoms with E-state index in [1.165, 1.54) is 0 Å². The van der Waals surface area contributed by atoms with Crippen LogP contribution in [0.4, 0.5) is 18.9 Å². The summed E-state index contributed by atoms with van der Waals surface area (Å²) in [7, 11) is 0.